The number of likely N-dealkylation sites (N-methyl/N-ethyl adjacent to an activating group) is 1. The van der Waals surface area contributed by atoms with Crippen molar-refractivity contribution >= 4 is 28.9 Å². The molecule has 0 aliphatic carbocycles. The topological polar surface area (TPSA) is 102 Å². The summed E-state index contributed by atoms with van der Waals surface area (Å²) >= 11 is 0. The van der Waals surface area contributed by atoms with E-state index in [0.717, 1.165) is 0 Å². The maximum Gasteiger partial charge on any atom is 0.282 e. The van der Waals surface area contributed by atoms with Crippen LogP contribution < -0.4 is 15.0 Å². The molecule has 0 aromatic heterocycles. The van der Waals surface area contributed by atoms with E-state index < -0.39 is 16.9 Å². The van der Waals surface area contributed by atoms with Gasteiger partial charge in [-0.05, 0) is 31.2 Å². The smallest absolute Gasteiger partial charge is 0.282 e. The summed E-state index contributed by atoms with van der Waals surface area (Å²) < 4.78 is 5.52. The van der Waals surface area contributed by atoms with Gasteiger partial charge in [-0.2, -0.15) is 0 Å². The Morgan fingerprint density at radius 1 is 1.28 bits per heavy atom. The number of nitro groups is 1. The molecule has 0 saturated heterocycles. The second-order valence-corrected chi connectivity index (χ2v) is 5.57. The molecule has 0 spiro atoms. The number of hydrogen-bond acceptors (Lipinski definition) is 5. The van der Waals surface area contributed by atoms with Gasteiger partial charge in [-0.15, -0.1) is 0 Å². The molecule has 3 rings (SSSR count). The van der Waals surface area contributed by atoms with Crippen LogP contribution in [0.3, 0.4) is 0 Å². The summed E-state index contributed by atoms with van der Waals surface area (Å²) in [5.74, 6) is -0.278. The molecule has 2 aromatic carbocycles. The molecule has 1 aliphatic heterocycles. The van der Waals surface area contributed by atoms with Gasteiger partial charge < -0.3 is 15.0 Å². The Morgan fingerprint density at radius 2 is 2.00 bits per heavy atom. The summed E-state index contributed by atoms with van der Waals surface area (Å²) in [5, 5.41) is 13.7. The van der Waals surface area contributed by atoms with Crippen LogP contribution in [-0.4, -0.2) is 29.9 Å². The molecule has 0 unspecified atom stereocenters. The van der Waals surface area contributed by atoms with Gasteiger partial charge in [0, 0.05) is 18.8 Å². The average Bonchev–Trinajstić information content (AvgIpc) is 2.60. The van der Waals surface area contributed by atoms with E-state index in [1.807, 2.05) is 0 Å². The third-order valence-corrected chi connectivity index (χ3v) is 3.91. The Labute approximate surface area is 143 Å². The number of fused-ring (bicyclic) bond motifs is 1. The van der Waals surface area contributed by atoms with Crippen molar-refractivity contribution in [1.82, 2.24) is 0 Å². The molecule has 2 aromatic rings. The minimum absolute atomic E-state index is 0.0421. The Hall–Kier alpha value is -3.42. The molecule has 2 amide bonds. The van der Waals surface area contributed by atoms with E-state index in [4.69, 9.17) is 4.74 Å². The lowest BCUT2D eigenvalue weighted by molar-refractivity contribution is -0.385. The van der Waals surface area contributed by atoms with Gasteiger partial charge in [-0.1, -0.05) is 12.1 Å². The highest BCUT2D eigenvalue weighted by molar-refractivity contribution is 6.08. The zero-order chi connectivity index (χ0) is 18.1. The van der Waals surface area contributed by atoms with E-state index in [1.165, 1.54) is 23.1 Å². The number of anilines is 2. The van der Waals surface area contributed by atoms with Crippen LogP contribution in [0.2, 0.25) is 0 Å². The number of nitrogens with one attached hydrogen (secondary N) is 1. The first-order chi connectivity index (χ1) is 11.9. The average molecular weight is 341 g/mol. The van der Waals surface area contributed by atoms with E-state index in [0.29, 0.717) is 17.1 Å². The Morgan fingerprint density at radius 3 is 2.72 bits per heavy atom. The van der Waals surface area contributed by atoms with Crippen molar-refractivity contribution in [3.63, 3.8) is 0 Å². The number of nitrogens with zero attached hydrogens (tertiary/aromatic N) is 2. The summed E-state index contributed by atoms with van der Waals surface area (Å²) in [6.45, 7) is 1.66. The summed E-state index contributed by atoms with van der Waals surface area (Å²) in [4.78, 5) is 36.3. The first-order valence-electron chi connectivity index (χ1n) is 7.51. The van der Waals surface area contributed by atoms with Crippen LogP contribution in [0, 0.1) is 10.1 Å². The van der Waals surface area contributed by atoms with Crippen LogP contribution in [0.15, 0.2) is 42.5 Å². The molecule has 25 heavy (non-hydrogen) atoms. The van der Waals surface area contributed by atoms with Crippen molar-refractivity contribution in [2.24, 2.45) is 0 Å². The maximum absolute atomic E-state index is 12.4. The van der Waals surface area contributed by atoms with Gasteiger partial charge in [0.15, 0.2) is 6.10 Å². The van der Waals surface area contributed by atoms with Gasteiger partial charge in [-0.25, -0.2) is 0 Å². The maximum atomic E-state index is 12.4. The summed E-state index contributed by atoms with van der Waals surface area (Å²) in [7, 11) is 1.62. The van der Waals surface area contributed by atoms with Crippen molar-refractivity contribution < 1.29 is 19.2 Å². The Bertz CT molecular complexity index is 880. The molecule has 1 atom stereocenters. The fourth-order valence-corrected chi connectivity index (χ4v) is 2.61. The number of carbonyl (C=O) groups excluding carboxylic acids is 2. The normalized spacial score (nSPS) is 16.0. The Balaban J connectivity index is 1.89. The minimum Gasteiger partial charge on any atom is -0.479 e. The third kappa shape index (κ3) is 3.01. The van der Waals surface area contributed by atoms with Gasteiger partial charge in [-0.3, -0.25) is 19.7 Å². The SMILES string of the molecule is C[C@@H]1Oc2ccc(NC(=O)c3ccccc3[N+](=O)[O-])cc2N(C)C1=O. The van der Waals surface area contributed by atoms with Crippen molar-refractivity contribution in [3.8, 4) is 5.75 Å². The van der Waals surface area contributed by atoms with Gasteiger partial charge in [0.25, 0.3) is 17.5 Å². The van der Waals surface area contributed by atoms with Crippen molar-refractivity contribution in [3.05, 3.63) is 58.1 Å². The number of amides is 2. The zero-order valence-corrected chi connectivity index (χ0v) is 13.6. The first kappa shape index (κ1) is 16.4. The molecule has 1 heterocycles. The van der Waals surface area contributed by atoms with E-state index in [-0.39, 0.29) is 17.2 Å². The van der Waals surface area contributed by atoms with E-state index in [1.54, 1.807) is 38.2 Å². The van der Waals surface area contributed by atoms with E-state index in [2.05, 4.69) is 5.32 Å². The molecule has 0 radical (unpaired) electrons. The molecule has 0 saturated carbocycles. The largest absolute Gasteiger partial charge is 0.479 e. The van der Waals surface area contributed by atoms with Crippen LogP contribution in [0.5, 0.6) is 5.75 Å². The summed E-state index contributed by atoms with van der Waals surface area (Å²) in [6, 6.07) is 10.5. The highest BCUT2D eigenvalue weighted by Gasteiger charge is 2.29. The second kappa shape index (κ2) is 6.23. The van der Waals surface area contributed by atoms with Crippen LogP contribution in [0.1, 0.15) is 17.3 Å². The molecule has 128 valence electrons. The van der Waals surface area contributed by atoms with E-state index >= 15 is 0 Å². The predicted molar refractivity (Wildman–Crippen MR) is 91.0 cm³/mol. The quantitative estimate of drug-likeness (QED) is 0.683. The van der Waals surface area contributed by atoms with Gasteiger partial charge >= 0.3 is 0 Å². The van der Waals surface area contributed by atoms with Gasteiger partial charge in [0.05, 0.1) is 10.6 Å². The summed E-state index contributed by atoms with van der Waals surface area (Å²) in [6.07, 6.45) is -0.579. The fourth-order valence-electron chi connectivity index (χ4n) is 2.61. The predicted octanol–water partition coefficient (Wildman–Crippen LogP) is 2.59. The lowest BCUT2D eigenvalue weighted by Gasteiger charge is -2.30. The number of rotatable bonds is 3. The zero-order valence-electron chi connectivity index (χ0n) is 13.6. The molecule has 1 aliphatic rings. The second-order valence-electron chi connectivity index (χ2n) is 5.57. The lowest BCUT2D eigenvalue weighted by atomic mass is 10.1. The highest BCUT2D eigenvalue weighted by atomic mass is 16.6. The Kier molecular flexibility index (Phi) is 4.10. The lowest BCUT2D eigenvalue weighted by Crippen LogP contribution is -2.41. The molecule has 0 fully saturated rings. The van der Waals surface area contributed by atoms with Crippen LogP contribution in [0.25, 0.3) is 0 Å². The van der Waals surface area contributed by atoms with Crippen LogP contribution in [0.4, 0.5) is 17.1 Å². The van der Waals surface area contributed by atoms with Crippen molar-refractivity contribution in [2.45, 2.75) is 13.0 Å². The molecular formula is C17H15N3O5. The summed E-state index contributed by atoms with van der Waals surface area (Å²) in [5.41, 5.74) is 0.602. The molecule has 1 N–H and O–H groups in total. The first-order valence-corrected chi connectivity index (χ1v) is 7.51. The fraction of sp³-hybridized carbons (Fsp3) is 0.176. The standard InChI is InChI=1S/C17H15N3O5/c1-10-17(22)19(2)14-9-11(7-8-15(14)25-10)18-16(21)12-5-3-4-6-13(12)20(23)24/h3-10H,1-2H3,(H,18,21)/t10-/m0/s1. The minimum atomic E-state index is -0.608. The molecule has 8 nitrogen and oxygen atoms in total. The number of para-hydroxylation sites is 1. The number of benzene rings is 2. The van der Waals surface area contributed by atoms with Crippen molar-refractivity contribution in [1.29, 1.82) is 0 Å². The van der Waals surface area contributed by atoms with Crippen LogP contribution >= 0.6 is 0 Å². The highest BCUT2D eigenvalue weighted by Crippen LogP contribution is 2.35. The number of ether oxygens (including phenoxy) is 1. The molecule has 8 heteroatoms. The van der Waals surface area contributed by atoms with Gasteiger partial charge in [0.1, 0.15) is 11.3 Å². The van der Waals surface area contributed by atoms with Gasteiger partial charge in [0.2, 0.25) is 0 Å². The van der Waals surface area contributed by atoms with E-state index in [9.17, 15) is 19.7 Å². The monoisotopic (exact) mass is 341 g/mol. The number of carbonyl (C=O) groups is 2. The number of nitro benzene ring substituents is 1. The molecular weight excluding hydrogens is 326 g/mol. The molecule has 0 bridgehead atoms. The third-order valence-electron chi connectivity index (χ3n) is 3.91. The number of hydrogen-bond donors (Lipinski definition) is 1. The van der Waals surface area contributed by atoms with Crippen LogP contribution in [-0.2, 0) is 4.79 Å². The van der Waals surface area contributed by atoms with Crippen molar-refractivity contribution in [2.75, 3.05) is 17.3 Å².